The first kappa shape index (κ1) is 23.0. The fraction of sp³-hybridized carbons (Fsp3) is 0.400. The summed E-state index contributed by atoms with van der Waals surface area (Å²) in [5, 5.41) is 0. The number of cyclic esters (lactones) is 1. The highest BCUT2D eigenvalue weighted by Crippen LogP contribution is 2.60. The highest BCUT2D eigenvalue weighted by atomic mass is 19.3. The number of nitrogens with two attached hydrogens (primary N) is 1. The number of halogens is 3. The van der Waals surface area contributed by atoms with Gasteiger partial charge in [0.2, 0.25) is 5.91 Å². The van der Waals surface area contributed by atoms with E-state index in [0.717, 1.165) is 0 Å². The normalized spacial score (nSPS) is 30.8. The van der Waals surface area contributed by atoms with Gasteiger partial charge in [-0.3, -0.25) is 14.6 Å². The molecule has 2 aliphatic rings. The van der Waals surface area contributed by atoms with E-state index in [1.165, 1.54) is 19.1 Å². The van der Waals surface area contributed by atoms with Gasteiger partial charge in [-0.2, -0.15) is 0 Å². The monoisotopic (exact) mass is 458 g/mol. The smallest absolute Gasteiger partial charge is 0.313 e. The molecule has 1 saturated carbocycles. The summed E-state index contributed by atoms with van der Waals surface area (Å²) in [4.78, 5) is 28.7. The van der Waals surface area contributed by atoms with Gasteiger partial charge in [0.1, 0.15) is 11.9 Å². The molecule has 0 radical (unpaired) electrons. The molecule has 1 amide bonds. The van der Waals surface area contributed by atoms with Crippen LogP contribution in [0.5, 0.6) is 0 Å². The lowest BCUT2D eigenvalue weighted by atomic mass is 9.55. The highest BCUT2D eigenvalue weighted by Gasteiger charge is 2.68. The van der Waals surface area contributed by atoms with Gasteiger partial charge in [0.25, 0.3) is 5.92 Å². The summed E-state index contributed by atoms with van der Waals surface area (Å²) >= 11 is 0. The van der Waals surface area contributed by atoms with Crippen LogP contribution in [0.15, 0.2) is 48.7 Å². The predicted octanol–water partition coefficient (Wildman–Crippen LogP) is 4.62. The van der Waals surface area contributed by atoms with Crippen molar-refractivity contribution in [2.75, 3.05) is 0 Å². The largest absolute Gasteiger partial charge is 0.462 e. The highest BCUT2D eigenvalue weighted by molar-refractivity contribution is 5.87. The number of hydrogen-bond acceptors (Lipinski definition) is 4. The number of amides is 1. The molecule has 174 valence electrons. The zero-order chi connectivity index (χ0) is 24.0. The maximum atomic E-state index is 15.0. The van der Waals surface area contributed by atoms with Crippen molar-refractivity contribution in [3.8, 4) is 11.1 Å². The minimum Gasteiger partial charge on any atom is -0.462 e. The number of allylic oxidation sites excluding steroid dienone is 1. The molecule has 2 N–H and O–H groups in total. The first-order valence-corrected chi connectivity index (χ1v) is 10.8. The van der Waals surface area contributed by atoms with Crippen LogP contribution in [0, 0.1) is 29.0 Å². The van der Waals surface area contributed by atoms with Crippen LogP contribution in [0.3, 0.4) is 0 Å². The summed E-state index contributed by atoms with van der Waals surface area (Å²) < 4.78 is 48.9. The number of ether oxygens (including phenoxy) is 1. The van der Waals surface area contributed by atoms with Crippen LogP contribution >= 0.6 is 0 Å². The second-order valence-electron chi connectivity index (χ2n) is 9.08. The topological polar surface area (TPSA) is 82.3 Å². The van der Waals surface area contributed by atoms with Crippen molar-refractivity contribution >= 4 is 18.0 Å². The van der Waals surface area contributed by atoms with Crippen molar-refractivity contribution in [1.29, 1.82) is 0 Å². The number of nitrogens with zero attached hydrogens (tertiary/aromatic N) is 1. The number of carbonyl (C=O) groups is 2. The Morgan fingerprint density at radius 2 is 2.00 bits per heavy atom. The Kier molecular flexibility index (Phi) is 5.80. The molecule has 33 heavy (non-hydrogen) atoms. The average Bonchev–Trinajstić information content (AvgIpc) is 2.97. The molecule has 5 atom stereocenters. The Hall–Kier alpha value is -3.16. The molecular weight excluding hydrogens is 433 g/mol. The number of primary amides is 1. The summed E-state index contributed by atoms with van der Waals surface area (Å²) in [6, 6.07) is 9.59. The lowest BCUT2D eigenvalue weighted by Crippen LogP contribution is -2.54. The molecular formula is C25H25F3N2O3. The van der Waals surface area contributed by atoms with Gasteiger partial charge in [-0.15, -0.1) is 0 Å². The van der Waals surface area contributed by atoms with E-state index in [-0.39, 0.29) is 5.82 Å². The lowest BCUT2D eigenvalue weighted by molar-refractivity contribution is -0.174. The van der Waals surface area contributed by atoms with Crippen LogP contribution in [-0.2, 0) is 14.3 Å². The summed E-state index contributed by atoms with van der Waals surface area (Å²) in [6.07, 6.45) is 2.96. The van der Waals surface area contributed by atoms with Gasteiger partial charge < -0.3 is 10.5 Å². The first-order chi connectivity index (χ1) is 15.5. The Bertz CT molecular complexity index is 1100. The van der Waals surface area contributed by atoms with Gasteiger partial charge in [-0.05, 0) is 42.7 Å². The van der Waals surface area contributed by atoms with Crippen LogP contribution in [0.25, 0.3) is 17.2 Å². The SMILES string of the molecule is C[C@H]1OC(=O)C2(CC(N)=O)CC(F)(F)[C@@H](C)C(/C=C/c3ccc(-c4cccc(F)c4)cn3)C12. The standard InChI is InChI=1S/C25H25F3N2O3/c1-14-20(9-8-19-7-6-17(12-30-19)16-4-3-5-18(26)10-16)22-15(2)33-23(32)24(22,11-21(29)31)13-25(14,27)28/h3-10,12,14-15,20,22H,11,13H2,1-2H3,(H2,29,31)/b9-8+/t14-,15+,20?,22?,24?/m0/s1. The number of pyridine rings is 1. The molecule has 1 saturated heterocycles. The van der Waals surface area contributed by atoms with Gasteiger partial charge >= 0.3 is 5.97 Å². The van der Waals surface area contributed by atoms with Crippen molar-refractivity contribution in [2.24, 2.45) is 28.9 Å². The molecule has 3 unspecified atom stereocenters. The fourth-order valence-corrected chi connectivity index (χ4v) is 5.39. The molecule has 0 spiro atoms. The van der Waals surface area contributed by atoms with E-state index in [1.807, 2.05) is 0 Å². The average molecular weight is 458 g/mol. The predicted molar refractivity (Wildman–Crippen MR) is 116 cm³/mol. The molecule has 1 aliphatic heterocycles. The third kappa shape index (κ3) is 4.14. The van der Waals surface area contributed by atoms with Crippen LogP contribution in [0.1, 0.15) is 32.4 Å². The molecule has 2 heterocycles. The molecule has 4 rings (SSSR count). The van der Waals surface area contributed by atoms with Crippen molar-refractivity contribution in [1.82, 2.24) is 4.98 Å². The van der Waals surface area contributed by atoms with Crippen LogP contribution in [0.4, 0.5) is 13.2 Å². The van der Waals surface area contributed by atoms with E-state index in [9.17, 15) is 14.0 Å². The summed E-state index contributed by atoms with van der Waals surface area (Å²) in [7, 11) is 0. The van der Waals surface area contributed by atoms with Gasteiger partial charge in [0, 0.05) is 36.4 Å². The lowest BCUT2D eigenvalue weighted by Gasteiger charge is -2.47. The molecule has 1 aromatic carbocycles. The van der Waals surface area contributed by atoms with E-state index in [4.69, 9.17) is 10.5 Å². The molecule has 1 aliphatic carbocycles. The summed E-state index contributed by atoms with van der Waals surface area (Å²) in [5.41, 5.74) is 5.61. The molecule has 8 heteroatoms. The van der Waals surface area contributed by atoms with Crippen LogP contribution < -0.4 is 5.73 Å². The number of carbonyl (C=O) groups excluding carboxylic acids is 2. The third-order valence-corrected chi connectivity index (χ3v) is 6.98. The summed E-state index contributed by atoms with van der Waals surface area (Å²) in [5.74, 6) is -7.57. The Balaban J connectivity index is 1.65. The third-order valence-electron chi connectivity index (χ3n) is 6.98. The van der Waals surface area contributed by atoms with Crippen molar-refractivity contribution < 1.29 is 27.5 Å². The fourth-order valence-electron chi connectivity index (χ4n) is 5.39. The number of fused-ring (bicyclic) bond motifs is 1. The number of esters is 1. The van der Waals surface area contributed by atoms with Crippen molar-refractivity contribution in [3.63, 3.8) is 0 Å². The van der Waals surface area contributed by atoms with E-state index in [2.05, 4.69) is 4.98 Å². The number of aromatic nitrogens is 1. The second kappa shape index (κ2) is 8.32. The Morgan fingerprint density at radius 3 is 2.64 bits per heavy atom. The zero-order valence-corrected chi connectivity index (χ0v) is 18.3. The van der Waals surface area contributed by atoms with Gasteiger partial charge in [0.15, 0.2) is 0 Å². The maximum Gasteiger partial charge on any atom is 0.313 e. The minimum atomic E-state index is -3.18. The second-order valence-corrected chi connectivity index (χ2v) is 9.08. The first-order valence-electron chi connectivity index (χ1n) is 10.8. The van der Waals surface area contributed by atoms with E-state index in [1.54, 1.807) is 49.5 Å². The molecule has 2 fully saturated rings. The Labute approximate surface area is 189 Å². The molecule has 1 aromatic heterocycles. The Morgan fingerprint density at radius 1 is 1.24 bits per heavy atom. The zero-order valence-electron chi connectivity index (χ0n) is 18.3. The molecule has 0 bridgehead atoms. The van der Waals surface area contributed by atoms with E-state index in [0.29, 0.717) is 16.8 Å². The number of alkyl halides is 2. The van der Waals surface area contributed by atoms with Crippen LogP contribution in [-0.4, -0.2) is 28.9 Å². The van der Waals surface area contributed by atoms with Gasteiger partial charge in [-0.25, -0.2) is 13.2 Å². The maximum absolute atomic E-state index is 15.0. The molecule has 2 aromatic rings. The quantitative estimate of drug-likeness (QED) is 0.663. The van der Waals surface area contributed by atoms with E-state index < -0.39 is 59.9 Å². The van der Waals surface area contributed by atoms with E-state index >= 15 is 8.78 Å². The van der Waals surface area contributed by atoms with Gasteiger partial charge in [-0.1, -0.05) is 31.2 Å². The van der Waals surface area contributed by atoms with Crippen LogP contribution in [0.2, 0.25) is 0 Å². The number of benzene rings is 1. The molecule has 5 nitrogen and oxygen atoms in total. The van der Waals surface area contributed by atoms with Crippen molar-refractivity contribution in [3.05, 3.63) is 60.2 Å². The number of rotatable bonds is 5. The minimum absolute atomic E-state index is 0.356. The number of hydrogen-bond donors (Lipinski definition) is 1. The van der Waals surface area contributed by atoms with Gasteiger partial charge in [0.05, 0.1) is 11.1 Å². The van der Waals surface area contributed by atoms with Crippen molar-refractivity contribution in [2.45, 2.75) is 38.7 Å². The summed E-state index contributed by atoms with van der Waals surface area (Å²) in [6.45, 7) is 3.10.